The number of hydrogen-bond donors (Lipinski definition) is 2. The normalized spacial score (nSPS) is 9.25. The second-order valence-corrected chi connectivity index (χ2v) is 2.71. The number of nitrogens with one attached hydrogen (secondary N) is 1. The Morgan fingerprint density at radius 1 is 1.12 bits per heavy atom. The highest BCUT2D eigenvalue weighted by molar-refractivity contribution is 5.65. The third-order valence-electron chi connectivity index (χ3n) is 1.76. The van der Waals surface area contributed by atoms with Gasteiger partial charge in [0, 0.05) is 18.4 Å². The molecule has 3 N–H and O–H groups in total. The number of anilines is 1. The molecule has 1 aromatic rings. The van der Waals surface area contributed by atoms with Crippen LogP contribution in [0.25, 0.3) is 6.08 Å². The summed E-state index contributed by atoms with van der Waals surface area (Å²) in [6.45, 7) is 10.0. The Balaban J connectivity index is 0. The largest absolute Gasteiger partial charge is 0.398 e. The van der Waals surface area contributed by atoms with Crippen LogP contribution in [0.2, 0.25) is 0 Å². The molecule has 1 aromatic carbocycles. The van der Waals surface area contributed by atoms with Gasteiger partial charge < -0.3 is 11.1 Å². The maximum Gasteiger partial charge on any atom is 0.0388 e. The van der Waals surface area contributed by atoms with E-state index in [4.69, 9.17) is 5.73 Å². The summed E-state index contributed by atoms with van der Waals surface area (Å²) in [5, 5.41) is 3.05. The summed E-state index contributed by atoms with van der Waals surface area (Å²) in [5.74, 6) is 0. The third kappa shape index (κ3) is 6.93. The molecule has 0 aromatic heterocycles. The average Bonchev–Trinajstić information content (AvgIpc) is 2.37. The first kappa shape index (κ1) is 17.0. The summed E-state index contributed by atoms with van der Waals surface area (Å²) in [5.41, 5.74) is 8.73. The molecule has 92 valence electrons. The van der Waals surface area contributed by atoms with Gasteiger partial charge in [0.25, 0.3) is 0 Å². The van der Waals surface area contributed by atoms with Gasteiger partial charge in [0.15, 0.2) is 0 Å². The quantitative estimate of drug-likeness (QED) is 0.745. The fraction of sp³-hybridized carbons (Fsp3) is 0.429. The van der Waals surface area contributed by atoms with Gasteiger partial charge in [-0.2, -0.15) is 0 Å². The highest BCUT2D eigenvalue weighted by Gasteiger charge is 1.92. The lowest BCUT2D eigenvalue weighted by molar-refractivity contribution is 1.00. The second kappa shape index (κ2) is 11.6. The van der Waals surface area contributed by atoms with Crippen LogP contribution in [0.5, 0.6) is 0 Å². The Labute approximate surface area is 101 Å². The van der Waals surface area contributed by atoms with Gasteiger partial charge in [-0.1, -0.05) is 45.9 Å². The molecule has 0 saturated heterocycles. The molecule has 0 heterocycles. The van der Waals surface area contributed by atoms with Gasteiger partial charge in [-0.05, 0) is 24.6 Å². The van der Waals surface area contributed by atoms with E-state index in [1.807, 2.05) is 72.0 Å². The number of nitrogen functional groups attached to an aromatic ring is 1. The number of rotatable bonds is 2. The van der Waals surface area contributed by atoms with E-state index in [1.54, 1.807) is 0 Å². The lowest BCUT2D eigenvalue weighted by Crippen LogP contribution is -2.01. The van der Waals surface area contributed by atoms with Crippen LogP contribution < -0.4 is 11.1 Å². The predicted molar refractivity (Wildman–Crippen MR) is 76.3 cm³/mol. The van der Waals surface area contributed by atoms with Crippen molar-refractivity contribution >= 4 is 11.8 Å². The Hall–Kier alpha value is -1.44. The first-order valence-electron chi connectivity index (χ1n) is 5.94. The van der Waals surface area contributed by atoms with Crippen molar-refractivity contribution in [1.82, 2.24) is 5.32 Å². The Morgan fingerprint density at radius 2 is 1.62 bits per heavy atom. The minimum Gasteiger partial charge on any atom is -0.398 e. The molecule has 0 fully saturated rings. The molecular weight excluding hydrogens is 196 g/mol. The van der Waals surface area contributed by atoms with Crippen LogP contribution in [0.4, 0.5) is 5.69 Å². The maximum atomic E-state index is 5.75. The summed E-state index contributed by atoms with van der Waals surface area (Å²) in [6, 6.07) is 7.80. The molecule has 0 bridgehead atoms. The monoisotopic (exact) mass is 222 g/mol. The molecule has 1 rings (SSSR count). The minimum atomic E-state index is 0.812. The maximum absolute atomic E-state index is 5.75. The predicted octanol–water partition coefficient (Wildman–Crippen LogP) is 3.90. The van der Waals surface area contributed by atoms with Gasteiger partial charge in [0.1, 0.15) is 0 Å². The van der Waals surface area contributed by atoms with E-state index in [-0.39, 0.29) is 0 Å². The number of benzene rings is 1. The molecule has 2 heteroatoms. The summed E-state index contributed by atoms with van der Waals surface area (Å²) in [4.78, 5) is 0. The van der Waals surface area contributed by atoms with E-state index in [0.29, 0.717) is 0 Å². The lowest BCUT2D eigenvalue weighted by atomic mass is 10.1. The molecule has 0 radical (unpaired) electrons. The first-order valence-corrected chi connectivity index (χ1v) is 5.94. The van der Waals surface area contributed by atoms with Crippen LogP contribution >= 0.6 is 0 Å². The standard InChI is InChI=1S/C10H14N2.2C2H6/c1-8(12-2)7-9-5-3-4-6-10(9)11;2*1-2/h3-7,12H,11H2,1-2H3;2*1-2H3/b8-7+;;. The van der Waals surface area contributed by atoms with E-state index in [9.17, 15) is 0 Å². The molecule has 0 unspecified atom stereocenters. The van der Waals surface area contributed by atoms with Gasteiger partial charge >= 0.3 is 0 Å². The summed E-state index contributed by atoms with van der Waals surface area (Å²) < 4.78 is 0. The SMILES string of the molecule is CC.CC.CN/C(C)=C/c1ccccc1N. The van der Waals surface area contributed by atoms with Crippen LogP contribution in [-0.4, -0.2) is 7.05 Å². The zero-order chi connectivity index (χ0) is 13.0. The number of allylic oxidation sites excluding steroid dienone is 1. The van der Waals surface area contributed by atoms with Crippen molar-refractivity contribution in [3.05, 3.63) is 35.5 Å². The van der Waals surface area contributed by atoms with E-state index in [0.717, 1.165) is 16.9 Å². The highest BCUT2D eigenvalue weighted by atomic mass is 14.8. The fourth-order valence-corrected chi connectivity index (χ4v) is 0.948. The lowest BCUT2D eigenvalue weighted by Gasteiger charge is -2.01. The Bertz CT molecular complexity index is 291. The highest BCUT2D eigenvalue weighted by Crippen LogP contribution is 2.13. The summed E-state index contributed by atoms with van der Waals surface area (Å²) >= 11 is 0. The summed E-state index contributed by atoms with van der Waals surface area (Å²) in [6.07, 6.45) is 2.02. The molecule has 0 aliphatic heterocycles. The van der Waals surface area contributed by atoms with Crippen molar-refractivity contribution in [2.45, 2.75) is 34.6 Å². The zero-order valence-corrected chi connectivity index (χ0v) is 11.5. The van der Waals surface area contributed by atoms with Gasteiger partial charge in [0.2, 0.25) is 0 Å². The molecule has 0 aliphatic rings. The summed E-state index contributed by atoms with van der Waals surface area (Å²) in [7, 11) is 1.89. The van der Waals surface area contributed by atoms with Crippen molar-refractivity contribution in [2.75, 3.05) is 12.8 Å². The molecule has 0 atom stereocenters. The molecule has 0 spiro atoms. The first-order chi connectivity index (χ1) is 7.74. The molecule has 2 nitrogen and oxygen atoms in total. The number of para-hydroxylation sites is 1. The molecule has 0 saturated carbocycles. The topological polar surface area (TPSA) is 38.0 Å². The van der Waals surface area contributed by atoms with Crippen molar-refractivity contribution in [3.8, 4) is 0 Å². The zero-order valence-electron chi connectivity index (χ0n) is 11.5. The van der Waals surface area contributed by atoms with E-state index in [2.05, 4.69) is 5.32 Å². The smallest absolute Gasteiger partial charge is 0.0388 e. The number of nitrogens with two attached hydrogens (primary N) is 1. The van der Waals surface area contributed by atoms with Gasteiger partial charge in [-0.15, -0.1) is 0 Å². The Kier molecular flexibility index (Phi) is 12.3. The van der Waals surface area contributed by atoms with Gasteiger partial charge in [-0.3, -0.25) is 0 Å². The van der Waals surface area contributed by atoms with Crippen molar-refractivity contribution < 1.29 is 0 Å². The molecule has 0 aliphatic carbocycles. The second-order valence-electron chi connectivity index (χ2n) is 2.71. The Morgan fingerprint density at radius 3 is 2.06 bits per heavy atom. The van der Waals surface area contributed by atoms with E-state index in [1.165, 1.54) is 0 Å². The van der Waals surface area contributed by atoms with Crippen molar-refractivity contribution in [1.29, 1.82) is 0 Å². The fourth-order valence-electron chi connectivity index (χ4n) is 0.948. The van der Waals surface area contributed by atoms with Crippen molar-refractivity contribution in [3.63, 3.8) is 0 Å². The van der Waals surface area contributed by atoms with E-state index >= 15 is 0 Å². The minimum absolute atomic E-state index is 0.812. The average molecular weight is 222 g/mol. The van der Waals surface area contributed by atoms with Crippen LogP contribution in [0.3, 0.4) is 0 Å². The molecule has 16 heavy (non-hydrogen) atoms. The van der Waals surface area contributed by atoms with Crippen LogP contribution in [0, 0.1) is 0 Å². The third-order valence-corrected chi connectivity index (χ3v) is 1.76. The van der Waals surface area contributed by atoms with E-state index < -0.39 is 0 Å². The molecule has 0 amide bonds. The van der Waals surface area contributed by atoms with Gasteiger partial charge in [-0.25, -0.2) is 0 Å². The van der Waals surface area contributed by atoms with Crippen LogP contribution in [0.15, 0.2) is 30.0 Å². The van der Waals surface area contributed by atoms with Gasteiger partial charge in [0.05, 0.1) is 0 Å². The number of hydrogen-bond acceptors (Lipinski definition) is 2. The molecular formula is C14H26N2. The van der Waals surface area contributed by atoms with Crippen LogP contribution in [-0.2, 0) is 0 Å². The van der Waals surface area contributed by atoms with Crippen LogP contribution in [0.1, 0.15) is 40.2 Å². The van der Waals surface area contributed by atoms with Crippen molar-refractivity contribution in [2.24, 2.45) is 0 Å².